The summed E-state index contributed by atoms with van der Waals surface area (Å²) >= 11 is 5.37. The summed E-state index contributed by atoms with van der Waals surface area (Å²) in [5.74, 6) is 2.07. The number of hydrogen-bond donors (Lipinski definition) is 0. The van der Waals surface area contributed by atoms with Gasteiger partial charge < -0.3 is 0 Å². The number of benzene rings is 7. The highest BCUT2D eigenvalue weighted by Crippen LogP contribution is 2.57. The maximum atomic E-state index is 5.59. The fourth-order valence-corrected chi connectivity index (χ4v) is 13.5. The molecule has 3 aromatic heterocycles. The first-order valence-electron chi connectivity index (χ1n) is 21.9. The minimum absolute atomic E-state index is 0.605. The van der Waals surface area contributed by atoms with Crippen LogP contribution >= 0.6 is 35.3 Å². The summed E-state index contributed by atoms with van der Waals surface area (Å²) in [6.45, 7) is 13.0. The second-order valence-electron chi connectivity index (χ2n) is 17.1. The lowest BCUT2D eigenvalue weighted by atomic mass is 10.1. The number of nitrogens with zero attached hydrogens (tertiary/aromatic N) is 9. The van der Waals surface area contributed by atoms with Gasteiger partial charge in [0.1, 0.15) is 33.1 Å². The molecule has 12 heteroatoms. The third kappa shape index (κ3) is 5.77. The number of para-hydroxylation sites is 6. The Bertz CT molecular complexity index is 3190. The quantitative estimate of drug-likeness (QED) is 0.158. The largest absolute Gasteiger partial charge is 0.291 e. The normalized spacial score (nSPS) is 13.6. The molecule has 0 unspecified atom stereocenters. The van der Waals surface area contributed by atoms with Crippen molar-refractivity contribution in [3.63, 3.8) is 0 Å². The van der Waals surface area contributed by atoms with E-state index in [-0.39, 0.29) is 0 Å². The van der Waals surface area contributed by atoms with Gasteiger partial charge in [0.05, 0.1) is 52.7 Å². The highest BCUT2D eigenvalue weighted by molar-refractivity contribution is 8.00. The molecule has 318 valence electrons. The zero-order valence-electron chi connectivity index (χ0n) is 36.9. The average molecular weight is 910 g/mol. The van der Waals surface area contributed by atoms with Crippen LogP contribution in [0.1, 0.15) is 33.4 Å². The third-order valence-electron chi connectivity index (χ3n) is 12.8. The molecule has 0 atom stereocenters. The van der Waals surface area contributed by atoms with E-state index in [4.69, 9.17) is 29.9 Å². The average Bonchev–Trinajstić information content (AvgIpc) is 3.32. The topological polar surface area (TPSA) is 87.1 Å². The Morgan fingerprint density at radius 3 is 0.712 bits per heavy atom. The van der Waals surface area contributed by atoms with E-state index in [1.165, 1.54) is 0 Å². The highest BCUT2D eigenvalue weighted by atomic mass is 32.2. The van der Waals surface area contributed by atoms with Gasteiger partial charge in [0.15, 0.2) is 17.5 Å². The summed E-state index contributed by atoms with van der Waals surface area (Å²) in [5.41, 5.74) is 17.1. The molecule has 7 aromatic carbocycles. The minimum Gasteiger partial charge on any atom is -0.291 e. The molecular formula is C54H39N9S3. The predicted octanol–water partition coefficient (Wildman–Crippen LogP) is 15.2. The van der Waals surface area contributed by atoms with Crippen molar-refractivity contribution in [1.82, 2.24) is 29.9 Å². The van der Waals surface area contributed by atoms with E-state index in [9.17, 15) is 0 Å². The van der Waals surface area contributed by atoms with Crippen molar-refractivity contribution < 1.29 is 0 Å². The summed E-state index contributed by atoms with van der Waals surface area (Å²) in [5, 5.41) is 0. The Kier molecular flexibility index (Phi) is 8.81. The van der Waals surface area contributed by atoms with E-state index in [0.717, 1.165) is 96.9 Å². The maximum absolute atomic E-state index is 5.59. The molecular weight excluding hydrogens is 871 g/mol. The lowest BCUT2D eigenvalue weighted by Gasteiger charge is -2.35. The van der Waals surface area contributed by atoms with Crippen molar-refractivity contribution in [2.45, 2.75) is 70.9 Å². The van der Waals surface area contributed by atoms with Gasteiger partial charge in [0.25, 0.3) is 0 Å². The Labute approximate surface area is 394 Å². The molecule has 9 nitrogen and oxygen atoms in total. The van der Waals surface area contributed by atoms with Crippen LogP contribution in [0.15, 0.2) is 157 Å². The van der Waals surface area contributed by atoms with Crippen molar-refractivity contribution in [1.29, 1.82) is 0 Å². The fraction of sp³-hybridized carbons (Fsp3) is 0.111. The first kappa shape index (κ1) is 39.4. The Morgan fingerprint density at radius 2 is 0.500 bits per heavy atom. The molecule has 0 saturated carbocycles. The van der Waals surface area contributed by atoms with Gasteiger partial charge in [-0.3, -0.25) is 14.7 Å². The summed E-state index contributed by atoms with van der Waals surface area (Å²) in [7, 11) is 0. The molecule has 0 amide bonds. The van der Waals surface area contributed by atoms with Gasteiger partial charge in [0, 0.05) is 29.4 Å². The van der Waals surface area contributed by atoms with Crippen LogP contribution in [0.25, 0.3) is 33.1 Å². The van der Waals surface area contributed by atoms with Crippen LogP contribution in [-0.2, 0) is 0 Å². The van der Waals surface area contributed by atoms with E-state index < -0.39 is 0 Å². The molecule has 0 spiro atoms. The number of anilines is 9. The number of rotatable bonds is 3. The molecule has 0 aliphatic carbocycles. The van der Waals surface area contributed by atoms with Crippen LogP contribution in [-0.4, -0.2) is 29.9 Å². The van der Waals surface area contributed by atoms with Crippen molar-refractivity contribution >= 4 is 120 Å². The first-order valence-corrected chi connectivity index (χ1v) is 24.3. The Hall–Kier alpha value is -6.99. The second-order valence-corrected chi connectivity index (χ2v) is 20.4. The van der Waals surface area contributed by atoms with Gasteiger partial charge in [-0.15, -0.1) is 0 Å². The van der Waals surface area contributed by atoms with Gasteiger partial charge in [-0.25, -0.2) is 29.9 Å². The lowest BCUT2D eigenvalue weighted by Crippen LogP contribution is -2.20. The standard InChI is InChI=1S/C54H39N9S3/c1-28-13-7-19-34-49(28)61(50-29(2)14-8-20-35(50)64-34)40-25-55-43-46(58-40)44-48(60-41(26-56-44)62-51-30(3)15-9-21-36(51)65-37-22-10-16-31(4)52(37)62)45-47(43)59-42(27-57-45)63-53-32(5)17-11-23-38(53)66-39-24-12-18-33(6)54(39)63/h7-27H,1-6H3. The number of fused-ring (bicyclic) bond motifs is 12. The number of aryl methyl sites for hydroxylation is 6. The molecule has 6 heterocycles. The van der Waals surface area contributed by atoms with E-state index in [1.807, 2.05) is 18.6 Å². The molecule has 3 aliphatic heterocycles. The van der Waals surface area contributed by atoms with Crippen molar-refractivity contribution in [2.75, 3.05) is 14.7 Å². The van der Waals surface area contributed by atoms with Gasteiger partial charge in [-0.2, -0.15) is 0 Å². The molecule has 10 aromatic rings. The molecule has 0 bridgehead atoms. The monoisotopic (exact) mass is 909 g/mol. The number of aromatic nitrogens is 6. The van der Waals surface area contributed by atoms with Crippen LogP contribution in [0.5, 0.6) is 0 Å². The fourth-order valence-electron chi connectivity index (χ4n) is 9.86. The van der Waals surface area contributed by atoms with Crippen LogP contribution < -0.4 is 14.7 Å². The second kappa shape index (κ2) is 14.8. The zero-order valence-corrected chi connectivity index (χ0v) is 39.3. The summed E-state index contributed by atoms with van der Waals surface area (Å²) < 4.78 is 0. The molecule has 0 radical (unpaired) electrons. The highest BCUT2D eigenvalue weighted by Gasteiger charge is 2.33. The summed E-state index contributed by atoms with van der Waals surface area (Å²) in [6, 6.07) is 38.8. The van der Waals surface area contributed by atoms with Gasteiger partial charge in [0.2, 0.25) is 0 Å². The lowest BCUT2D eigenvalue weighted by molar-refractivity contribution is 1.07. The first-order chi connectivity index (χ1) is 32.2. The molecule has 0 saturated heterocycles. The summed E-state index contributed by atoms with van der Waals surface area (Å²) in [6.07, 6.45) is 5.65. The van der Waals surface area contributed by atoms with Crippen molar-refractivity contribution in [3.8, 4) is 0 Å². The maximum Gasteiger partial charge on any atom is 0.157 e. The summed E-state index contributed by atoms with van der Waals surface area (Å²) in [4.78, 5) is 46.5. The Balaban J connectivity index is 1.11. The van der Waals surface area contributed by atoms with E-state index in [1.54, 1.807) is 35.3 Å². The molecule has 0 N–H and O–H groups in total. The minimum atomic E-state index is 0.605. The zero-order chi connectivity index (χ0) is 44.5. The van der Waals surface area contributed by atoms with Gasteiger partial charge in [-0.05, 0) is 111 Å². The molecule has 0 fully saturated rings. The Morgan fingerprint density at radius 1 is 0.288 bits per heavy atom. The smallest absolute Gasteiger partial charge is 0.157 e. The van der Waals surface area contributed by atoms with Gasteiger partial charge in [-0.1, -0.05) is 108 Å². The van der Waals surface area contributed by atoms with Crippen LogP contribution in [0, 0.1) is 41.5 Å². The van der Waals surface area contributed by atoms with Gasteiger partial charge >= 0.3 is 0 Å². The SMILES string of the molecule is Cc1cccc2c1N(c1cnc3c(n1)c1ncc(N4c5c(C)cccc5Sc5cccc(C)c54)nc1c1ncc(N4c5c(C)cccc5Sc5cccc(C)c54)nc31)c1c(C)cccc1S2. The van der Waals surface area contributed by atoms with Crippen LogP contribution in [0.3, 0.4) is 0 Å². The van der Waals surface area contributed by atoms with E-state index >= 15 is 0 Å². The van der Waals surface area contributed by atoms with E-state index in [0.29, 0.717) is 50.6 Å². The molecule has 13 rings (SSSR count). The van der Waals surface area contributed by atoms with Crippen LogP contribution in [0.4, 0.5) is 51.6 Å². The molecule has 3 aliphatic rings. The van der Waals surface area contributed by atoms with Crippen molar-refractivity contribution in [3.05, 3.63) is 161 Å². The van der Waals surface area contributed by atoms with E-state index in [2.05, 4.69) is 165 Å². The number of hydrogen-bond acceptors (Lipinski definition) is 12. The van der Waals surface area contributed by atoms with Crippen molar-refractivity contribution in [2.24, 2.45) is 0 Å². The predicted molar refractivity (Wildman–Crippen MR) is 271 cm³/mol. The molecule has 66 heavy (non-hydrogen) atoms. The third-order valence-corrected chi connectivity index (χ3v) is 16.1. The van der Waals surface area contributed by atoms with Crippen LogP contribution in [0.2, 0.25) is 0 Å².